The maximum Gasteiger partial charge on any atom is 0.435 e. The van der Waals surface area contributed by atoms with E-state index in [1.165, 1.54) is 6.07 Å². The van der Waals surface area contributed by atoms with Gasteiger partial charge in [0.15, 0.2) is 5.49 Å². The number of hydrogen-bond donors (Lipinski definition) is 1. The molecule has 0 saturated heterocycles. The SMILES string of the molecule is CCOC(=O)/N=c1/cccc(C)n1O. The van der Waals surface area contributed by atoms with Gasteiger partial charge in [0.1, 0.15) is 0 Å². The molecule has 0 saturated carbocycles. The van der Waals surface area contributed by atoms with Crippen LogP contribution in [0.15, 0.2) is 23.2 Å². The van der Waals surface area contributed by atoms with Gasteiger partial charge in [0.05, 0.1) is 12.3 Å². The molecule has 0 radical (unpaired) electrons. The van der Waals surface area contributed by atoms with E-state index in [0.717, 1.165) is 4.73 Å². The highest BCUT2D eigenvalue weighted by Crippen LogP contribution is 1.89. The average molecular weight is 196 g/mol. The molecule has 1 aromatic rings. The lowest BCUT2D eigenvalue weighted by atomic mass is 10.4. The number of hydrogen-bond acceptors (Lipinski definition) is 3. The Hall–Kier alpha value is -1.78. The van der Waals surface area contributed by atoms with E-state index in [-0.39, 0.29) is 12.1 Å². The first-order valence-corrected chi connectivity index (χ1v) is 4.24. The summed E-state index contributed by atoms with van der Waals surface area (Å²) in [6.45, 7) is 3.65. The fourth-order valence-corrected chi connectivity index (χ4v) is 0.929. The summed E-state index contributed by atoms with van der Waals surface area (Å²) in [5.41, 5.74) is 0.749. The molecule has 0 atom stereocenters. The van der Waals surface area contributed by atoms with Crippen LogP contribution in [0.3, 0.4) is 0 Å². The Morgan fingerprint density at radius 3 is 3.00 bits per heavy atom. The third-order valence-corrected chi connectivity index (χ3v) is 1.61. The number of amides is 1. The van der Waals surface area contributed by atoms with Crippen molar-refractivity contribution in [3.05, 3.63) is 29.4 Å². The Balaban J connectivity index is 3.06. The van der Waals surface area contributed by atoms with Crippen molar-refractivity contribution in [2.24, 2.45) is 4.99 Å². The number of carbonyl (C=O) groups excluding carboxylic acids is 1. The molecule has 76 valence electrons. The van der Waals surface area contributed by atoms with Crippen LogP contribution in [0.1, 0.15) is 12.6 Å². The molecule has 0 aromatic carbocycles. The van der Waals surface area contributed by atoms with Crippen LogP contribution >= 0.6 is 0 Å². The van der Waals surface area contributed by atoms with Gasteiger partial charge in [-0.05, 0) is 26.0 Å². The summed E-state index contributed by atoms with van der Waals surface area (Å²) in [6.07, 6.45) is -0.707. The second-order valence-electron chi connectivity index (χ2n) is 2.65. The minimum atomic E-state index is -0.707. The highest BCUT2D eigenvalue weighted by molar-refractivity contribution is 5.68. The van der Waals surface area contributed by atoms with Gasteiger partial charge in [-0.3, -0.25) is 0 Å². The molecule has 5 nitrogen and oxygen atoms in total. The lowest BCUT2D eigenvalue weighted by molar-refractivity contribution is 0.151. The van der Waals surface area contributed by atoms with Gasteiger partial charge >= 0.3 is 6.09 Å². The van der Waals surface area contributed by atoms with E-state index in [2.05, 4.69) is 9.73 Å². The first-order chi connectivity index (χ1) is 6.65. The first kappa shape index (κ1) is 10.3. The molecule has 0 aliphatic carbocycles. The standard InChI is InChI=1S/C9H12N2O3/c1-3-14-9(12)10-8-6-4-5-7(2)11(8)13/h4-6,13H,3H2,1-2H3/b10-8-. The maximum absolute atomic E-state index is 11.0. The second-order valence-corrected chi connectivity index (χ2v) is 2.65. The summed E-state index contributed by atoms with van der Waals surface area (Å²) in [5, 5.41) is 9.43. The van der Waals surface area contributed by atoms with Crippen molar-refractivity contribution in [3.8, 4) is 0 Å². The van der Waals surface area contributed by atoms with Crippen LogP contribution in [-0.2, 0) is 4.74 Å². The van der Waals surface area contributed by atoms with Gasteiger partial charge in [0.25, 0.3) is 0 Å². The van der Waals surface area contributed by atoms with Crippen molar-refractivity contribution in [2.75, 3.05) is 6.61 Å². The fourth-order valence-electron chi connectivity index (χ4n) is 0.929. The number of ether oxygens (including phenoxy) is 1. The van der Waals surface area contributed by atoms with Crippen molar-refractivity contribution in [2.45, 2.75) is 13.8 Å². The molecule has 14 heavy (non-hydrogen) atoms. The molecule has 0 aliphatic rings. The van der Waals surface area contributed by atoms with E-state index in [0.29, 0.717) is 5.69 Å². The Bertz CT molecular complexity index is 395. The monoisotopic (exact) mass is 196 g/mol. The largest absolute Gasteiger partial charge is 0.448 e. The quantitative estimate of drug-likeness (QED) is 0.684. The Kier molecular flexibility index (Phi) is 3.28. The molecule has 1 rings (SSSR count). The van der Waals surface area contributed by atoms with E-state index in [1.54, 1.807) is 26.0 Å². The van der Waals surface area contributed by atoms with Crippen LogP contribution in [0.5, 0.6) is 0 Å². The summed E-state index contributed by atoms with van der Waals surface area (Å²) >= 11 is 0. The van der Waals surface area contributed by atoms with Crippen LogP contribution in [0.4, 0.5) is 4.79 Å². The number of pyridine rings is 1. The average Bonchev–Trinajstić information content (AvgIpc) is 2.13. The van der Waals surface area contributed by atoms with Gasteiger partial charge < -0.3 is 9.94 Å². The van der Waals surface area contributed by atoms with Crippen molar-refractivity contribution < 1.29 is 14.7 Å². The molecule has 1 aromatic heterocycles. The van der Waals surface area contributed by atoms with Gasteiger partial charge in [-0.25, -0.2) is 4.79 Å². The highest BCUT2D eigenvalue weighted by Gasteiger charge is 1.99. The van der Waals surface area contributed by atoms with Gasteiger partial charge in [0, 0.05) is 0 Å². The van der Waals surface area contributed by atoms with Gasteiger partial charge in [-0.2, -0.15) is 9.72 Å². The number of rotatable bonds is 1. The minimum Gasteiger partial charge on any atom is -0.448 e. The van der Waals surface area contributed by atoms with Crippen molar-refractivity contribution in [1.29, 1.82) is 0 Å². The van der Waals surface area contributed by atoms with E-state index in [1.807, 2.05) is 0 Å². The molecule has 1 amide bonds. The zero-order valence-corrected chi connectivity index (χ0v) is 8.10. The molecule has 0 bridgehead atoms. The molecule has 0 fully saturated rings. The van der Waals surface area contributed by atoms with E-state index in [9.17, 15) is 10.0 Å². The van der Waals surface area contributed by atoms with Gasteiger partial charge in [-0.1, -0.05) is 6.07 Å². The van der Waals surface area contributed by atoms with Crippen LogP contribution in [0, 0.1) is 6.92 Å². The van der Waals surface area contributed by atoms with E-state index in [4.69, 9.17) is 0 Å². The van der Waals surface area contributed by atoms with Crippen LogP contribution in [-0.4, -0.2) is 22.6 Å². The fraction of sp³-hybridized carbons (Fsp3) is 0.333. The second kappa shape index (κ2) is 4.45. The normalized spacial score (nSPS) is 11.4. The molecule has 0 aliphatic heterocycles. The molecule has 5 heteroatoms. The van der Waals surface area contributed by atoms with Crippen LogP contribution in [0.25, 0.3) is 0 Å². The highest BCUT2D eigenvalue weighted by atomic mass is 16.5. The Morgan fingerprint density at radius 1 is 1.64 bits per heavy atom. The maximum atomic E-state index is 11.0. The molecule has 0 unspecified atom stereocenters. The summed E-state index contributed by atoms with van der Waals surface area (Å²) in [5.74, 6) is 0. The predicted molar refractivity (Wildman–Crippen MR) is 48.9 cm³/mol. The summed E-state index contributed by atoms with van der Waals surface area (Å²) in [7, 11) is 0. The predicted octanol–water partition coefficient (Wildman–Crippen LogP) is 1.09. The summed E-state index contributed by atoms with van der Waals surface area (Å²) < 4.78 is 5.44. The number of aryl methyl sites for hydroxylation is 1. The zero-order chi connectivity index (χ0) is 10.6. The summed E-state index contributed by atoms with van der Waals surface area (Å²) in [6, 6.07) is 4.91. The molecule has 1 N–H and O–H groups in total. The van der Waals surface area contributed by atoms with Crippen molar-refractivity contribution in [1.82, 2.24) is 4.73 Å². The third-order valence-electron chi connectivity index (χ3n) is 1.61. The molecular weight excluding hydrogens is 184 g/mol. The Morgan fingerprint density at radius 2 is 2.36 bits per heavy atom. The number of nitrogens with zero attached hydrogens (tertiary/aromatic N) is 2. The third kappa shape index (κ3) is 2.35. The number of aromatic nitrogens is 1. The lowest BCUT2D eigenvalue weighted by Gasteiger charge is -2.01. The smallest absolute Gasteiger partial charge is 0.435 e. The molecule has 1 heterocycles. The molecular formula is C9H12N2O3. The topological polar surface area (TPSA) is 63.8 Å². The lowest BCUT2D eigenvalue weighted by Crippen LogP contribution is -2.22. The van der Waals surface area contributed by atoms with Crippen LogP contribution in [0.2, 0.25) is 0 Å². The van der Waals surface area contributed by atoms with Crippen LogP contribution < -0.4 is 5.49 Å². The minimum absolute atomic E-state index is 0.156. The van der Waals surface area contributed by atoms with Gasteiger partial charge in [0.2, 0.25) is 0 Å². The van der Waals surface area contributed by atoms with E-state index < -0.39 is 6.09 Å². The summed E-state index contributed by atoms with van der Waals surface area (Å²) in [4.78, 5) is 14.5. The molecule has 0 spiro atoms. The van der Waals surface area contributed by atoms with Crippen molar-refractivity contribution in [3.63, 3.8) is 0 Å². The van der Waals surface area contributed by atoms with Crippen molar-refractivity contribution >= 4 is 6.09 Å². The Labute approximate surface area is 81.2 Å². The first-order valence-electron chi connectivity index (χ1n) is 4.24. The van der Waals surface area contributed by atoms with E-state index >= 15 is 0 Å². The van der Waals surface area contributed by atoms with Gasteiger partial charge in [-0.15, -0.1) is 0 Å². The number of carbonyl (C=O) groups is 1. The zero-order valence-electron chi connectivity index (χ0n) is 8.10.